The van der Waals surface area contributed by atoms with Crippen LogP contribution in [-0.4, -0.2) is 25.7 Å². The summed E-state index contributed by atoms with van der Waals surface area (Å²) in [4.78, 5) is 11.8. The summed E-state index contributed by atoms with van der Waals surface area (Å²) < 4.78 is 39.2. The third kappa shape index (κ3) is 3.09. The maximum atomic E-state index is 12.8. The van der Waals surface area contributed by atoms with E-state index in [1.54, 1.807) is 38.1 Å². The van der Waals surface area contributed by atoms with Crippen molar-refractivity contribution >= 4 is 27.9 Å². The molecule has 24 heavy (non-hydrogen) atoms. The van der Waals surface area contributed by atoms with Gasteiger partial charge in [0.15, 0.2) is 0 Å². The van der Waals surface area contributed by atoms with Crippen LogP contribution in [-0.2, 0) is 11.0 Å². The van der Waals surface area contributed by atoms with Gasteiger partial charge in [-0.1, -0.05) is 37.3 Å². The highest BCUT2D eigenvalue weighted by molar-refractivity contribution is 7.19. The van der Waals surface area contributed by atoms with Gasteiger partial charge >= 0.3 is 6.18 Å². The van der Waals surface area contributed by atoms with Crippen molar-refractivity contribution in [2.24, 2.45) is 5.92 Å². The summed E-state index contributed by atoms with van der Waals surface area (Å²) >= 11 is 0.987. The Hall–Kier alpha value is -2.49. The lowest BCUT2D eigenvalue weighted by Crippen LogP contribution is -2.17. The molecule has 0 radical (unpaired) electrons. The maximum absolute atomic E-state index is 12.8. The number of fused-ring (bicyclic) bond motifs is 1. The maximum Gasteiger partial charge on any atom is 0.453 e. The van der Waals surface area contributed by atoms with Gasteiger partial charge in [-0.3, -0.25) is 4.79 Å². The molecule has 1 aromatic carbocycles. The number of amides is 1. The van der Waals surface area contributed by atoms with Gasteiger partial charge in [-0.15, -0.1) is 10.2 Å². The summed E-state index contributed by atoms with van der Waals surface area (Å²) in [6, 6.07) is 6.74. The minimum absolute atomic E-state index is 0.0499. The van der Waals surface area contributed by atoms with Crippen LogP contribution in [0.3, 0.4) is 0 Å². The Bertz CT molecular complexity index is 899. The molecule has 3 rings (SSSR count). The fraction of sp³-hybridized carbons (Fsp3) is 0.286. The van der Waals surface area contributed by atoms with E-state index < -0.39 is 12.0 Å². The Kier molecular flexibility index (Phi) is 3.99. The number of halogens is 3. The van der Waals surface area contributed by atoms with Crippen molar-refractivity contribution in [3.05, 3.63) is 30.1 Å². The van der Waals surface area contributed by atoms with Crippen LogP contribution >= 0.6 is 11.3 Å². The molecule has 0 fully saturated rings. The van der Waals surface area contributed by atoms with E-state index in [9.17, 15) is 18.0 Å². The van der Waals surface area contributed by atoms with E-state index in [1.165, 1.54) is 0 Å². The number of carbonyl (C=O) groups excluding carboxylic acids is 1. The molecule has 0 spiro atoms. The third-order valence-electron chi connectivity index (χ3n) is 3.15. The van der Waals surface area contributed by atoms with E-state index in [2.05, 4.69) is 20.6 Å². The molecule has 126 valence electrons. The lowest BCUT2D eigenvalue weighted by atomic mass is 10.1. The van der Waals surface area contributed by atoms with Gasteiger partial charge in [-0.25, -0.2) is 0 Å². The van der Waals surface area contributed by atoms with Crippen molar-refractivity contribution < 1.29 is 18.0 Å². The lowest BCUT2D eigenvalue weighted by Gasteiger charge is -2.08. The largest absolute Gasteiger partial charge is 0.453 e. The molecule has 2 aromatic heterocycles. The number of aromatic nitrogens is 4. The lowest BCUT2D eigenvalue weighted by molar-refractivity contribution is -0.146. The van der Waals surface area contributed by atoms with Gasteiger partial charge in [0.2, 0.25) is 10.9 Å². The molecule has 0 bridgehead atoms. The molecule has 10 heteroatoms. The van der Waals surface area contributed by atoms with E-state index in [0.717, 1.165) is 11.3 Å². The standard InChI is InChI=1S/C14H12F3N5OS/c1-7(2)10(23)18-9-5-3-4-8(6-9)11-21-22-12(14(15,16)17)19-20-13(22)24-11/h3-7H,1-2H3,(H,18,23). The quantitative estimate of drug-likeness (QED) is 0.781. The SMILES string of the molecule is CC(C)C(=O)Nc1cccc(-c2nn3c(C(F)(F)F)nnc3s2)c1. The zero-order valence-corrected chi connectivity index (χ0v) is 13.4. The van der Waals surface area contributed by atoms with Crippen molar-refractivity contribution in [3.63, 3.8) is 0 Å². The van der Waals surface area contributed by atoms with Crippen molar-refractivity contribution in [3.8, 4) is 10.6 Å². The van der Waals surface area contributed by atoms with Crippen molar-refractivity contribution in [1.29, 1.82) is 0 Å². The van der Waals surface area contributed by atoms with Crippen LogP contribution in [0.2, 0.25) is 0 Å². The topological polar surface area (TPSA) is 72.2 Å². The molecule has 1 N–H and O–H groups in total. The number of rotatable bonds is 3. The third-order valence-corrected chi connectivity index (χ3v) is 4.09. The van der Waals surface area contributed by atoms with Gasteiger partial charge < -0.3 is 5.32 Å². The molecule has 1 amide bonds. The highest BCUT2D eigenvalue weighted by Crippen LogP contribution is 2.32. The number of hydrogen-bond acceptors (Lipinski definition) is 5. The van der Waals surface area contributed by atoms with Crippen LogP contribution < -0.4 is 5.32 Å². The number of anilines is 1. The van der Waals surface area contributed by atoms with Crippen molar-refractivity contribution in [2.45, 2.75) is 20.0 Å². The Labute approximate surface area is 138 Å². The molecule has 3 aromatic rings. The van der Waals surface area contributed by atoms with Gasteiger partial charge in [-0.2, -0.15) is 22.8 Å². The number of carbonyl (C=O) groups is 1. The summed E-state index contributed by atoms with van der Waals surface area (Å²) in [5.74, 6) is -1.49. The second-order valence-electron chi connectivity index (χ2n) is 5.35. The fourth-order valence-corrected chi connectivity index (χ4v) is 2.76. The van der Waals surface area contributed by atoms with Gasteiger partial charge in [0.05, 0.1) is 0 Å². The summed E-state index contributed by atoms with van der Waals surface area (Å²) in [6.45, 7) is 3.53. The molecule has 0 atom stereocenters. The Morgan fingerprint density at radius 1 is 1.29 bits per heavy atom. The van der Waals surface area contributed by atoms with Crippen LogP contribution in [0.15, 0.2) is 24.3 Å². The predicted octanol–water partition coefficient (Wildman–Crippen LogP) is 3.47. The minimum atomic E-state index is -4.63. The van der Waals surface area contributed by atoms with Gasteiger partial charge in [0.25, 0.3) is 5.82 Å². The first-order valence-corrected chi connectivity index (χ1v) is 7.78. The van der Waals surface area contributed by atoms with Crippen LogP contribution in [0.5, 0.6) is 0 Å². The van der Waals surface area contributed by atoms with E-state index in [4.69, 9.17) is 0 Å². The molecular weight excluding hydrogens is 343 g/mol. The molecule has 6 nitrogen and oxygen atoms in total. The molecule has 0 unspecified atom stereocenters. The number of alkyl halides is 3. The molecule has 0 aliphatic rings. The molecule has 2 heterocycles. The predicted molar refractivity (Wildman–Crippen MR) is 82.6 cm³/mol. The summed E-state index contributed by atoms with van der Waals surface area (Å²) in [7, 11) is 0. The van der Waals surface area contributed by atoms with E-state index in [0.29, 0.717) is 20.8 Å². The second kappa shape index (κ2) is 5.86. The number of nitrogens with one attached hydrogen (secondary N) is 1. The zero-order valence-electron chi connectivity index (χ0n) is 12.6. The van der Waals surface area contributed by atoms with Gasteiger partial charge in [0.1, 0.15) is 5.01 Å². The Morgan fingerprint density at radius 3 is 2.71 bits per heavy atom. The summed E-state index contributed by atoms with van der Waals surface area (Å²) in [5, 5.41) is 13.7. The summed E-state index contributed by atoms with van der Waals surface area (Å²) in [6.07, 6.45) is -4.63. The first kappa shape index (κ1) is 16.4. The molecule has 0 saturated carbocycles. The normalized spacial score (nSPS) is 12.1. The Morgan fingerprint density at radius 2 is 2.04 bits per heavy atom. The monoisotopic (exact) mass is 355 g/mol. The summed E-state index contributed by atoms with van der Waals surface area (Å²) in [5.41, 5.74) is 1.13. The van der Waals surface area contributed by atoms with Crippen molar-refractivity contribution in [2.75, 3.05) is 5.32 Å². The smallest absolute Gasteiger partial charge is 0.326 e. The van der Waals surface area contributed by atoms with Gasteiger partial charge in [-0.05, 0) is 12.1 Å². The minimum Gasteiger partial charge on any atom is -0.326 e. The molecule has 0 aliphatic heterocycles. The fourth-order valence-electron chi connectivity index (χ4n) is 1.93. The van der Waals surface area contributed by atoms with Crippen molar-refractivity contribution in [1.82, 2.24) is 19.8 Å². The number of nitrogens with zero attached hydrogens (tertiary/aromatic N) is 4. The first-order chi connectivity index (χ1) is 11.3. The number of benzene rings is 1. The average molecular weight is 355 g/mol. The van der Waals surface area contributed by atoms with Crippen LogP contribution in [0.4, 0.5) is 18.9 Å². The Balaban J connectivity index is 1.96. The zero-order chi connectivity index (χ0) is 17.5. The molecule has 0 aliphatic carbocycles. The second-order valence-corrected chi connectivity index (χ2v) is 6.30. The highest BCUT2D eigenvalue weighted by Gasteiger charge is 2.38. The van der Waals surface area contributed by atoms with Crippen LogP contribution in [0.25, 0.3) is 15.5 Å². The van der Waals surface area contributed by atoms with E-state index in [-0.39, 0.29) is 16.8 Å². The first-order valence-electron chi connectivity index (χ1n) is 6.96. The molecular formula is C14H12F3N5OS. The molecule has 0 saturated heterocycles. The van der Waals surface area contributed by atoms with Crippen LogP contribution in [0.1, 0.15) is 19.7 Å². The number of hydrogen-bond donors (Lipinski definition) is 1. The van der Waals surface area contributed by atoms with Crippen LogP contribution in [0, 0.1) is 5.92 Å². The van der Waals surface area contributed by atoms with Gasteiger partial charge in [0, 0.05) is 17.2 Å². The van der Waals surface area contributed by atoms with E-state index in [1.807, 2.05) is 0 Å². The highest BCUT2D eigenvalue weighted by atomic mass is 32.1. The van der Waals surface area contributed by atoms with E-state index >= 15 is 0 Å². The average Bonchev–Trinajstić information content (AvgIpc) is 3.06.